The lowest BCUT2D eigenvalue weighted by Gasteiger charge is -2.02. The van der Waals surface area contributed by atoms with E-state index in [1.54, 1.807) is 10.9 Å². The summed E-state index contributed by atoms with van der Waals surface area (Å²) in [4.78, 5) is 18.3. The Balaban J connectivity index is 0.000000686. The average molecular weight is 234 g/mol. The van der Waals surface area contributed by atoms with E-state index in [1.165, 1.54) is 12.4 Å². The first kappa shape index (κ1) is 12.8. The zero-order valence-corrected chi connectivity index (χ0v) is 9.95. The van der Waals surface area contributed by atoms with E-state index in [0.29, 0.717) is 5.82 Å². The second kappa shape index (κ2) is 5.74. The number of aromatic nitrogens is 4. The van der Waals surface area contributed by atoms with Gasteiger partial charge in [0.25, 0.3) is 0 Å². The van der Waals surface area contributed by atoms with Gasteiger partial charge < -0.3 is 5.11 Å². The average Bonchev–Trinajstić information content (AvgIpc) is 2.78. The third kappa shape index (κ3) is 2.87. The lowest BCUT2D eigenvalue weighted by atomic mass is 10.4. The Labute approximate surface area is 99.0 Å². The zero-order chi connectivity index (χ0) is 12.8. The van der Waals surface area contributed by atoms with E-state index in [0.717, 1.165) is 5.69 Å². The number of hydrogen-bond donors (Lipinski definition) is 1. The number of aryl methyl sites for hydroxylation is 1. The minimum absolute atomic E-state index is 0.0464. The van der Waals surface area contributed by atoms with Crippen LogP contribution in [0.15, 0.2) is 24.7 Å². The van der Waals surface area contributed by atoms with Crippen LogP contribution in [0, 0.1) is 6.92 Å². The van der Waals surface area contributed by atoms with Crippen molar-refractivity contribution in [2.75, 3.05) is 0 Å². The fourth-order valence-corrected chi connectivity index (χ4v) is 1.19. The lowest BCUT2D eigenvalue weighted by Crippen LogP contribution is -2.06. The van der Waals surface area contributed by atoms with Gasteiger partial charge in [0, 0.05) is 18.0 Å². The quantitative estimate of drug-likeness (QED) is 0.855. The molecule has 0 atom stereocenters. The molecular weight excluding hydrogens is 220 g/mol. The fourth-order valence-electron chi connectivity index (χ4n) is 1.19. The van der Waals surface area contributed by atoms with Crippen LogP contribution in [0.25, 0.3) is 5.82 Å². The van der Waals surface area contributed by atoms with Crippen LogP contribution >= 0.6 is 0 Å². The molecule has 0 saturated heterocycles. The highest BCUT2D eigenvalue weighted by Crippen LogP contribution is 2.07. The summed E-state index contributed by atoms with van der Waals surface area (Å²) in [7, 11) is 0. The highest BCUT2D eigenvalue weighted by Gasteiger charge is 2.08. The van der Waals surface area contributed by atoms with E-state index in [-0.39, 0.29) is 5.69 Å². The first-order valence-corrected chi connectivity index (χ1v) is 5.25. The summed E-state index contributed by atoms with van der Waals surface area (Å²) in [5, 5.41) is 12.8. The fraction of sp³-hybridized carbons (Fsp3) is 0.273. The standard InChI is InChI=1S/C9H8N4O2.C2H6/c1-6-2-3-12-13(6)8-4-7(9(14)15)10-5-11-8;1-2/h2-5H,1H3,(H,14,15);1-2H3. The monoisotopic (exact) mass is 234 g/mol. The highest BCUT2D eigenvalue weighted by atomic mass is 16.4. The molecule has 0 unspecified atom stereocenters. The molecule has 0 aliphatic heterocycles. The van der Waals surface area contributed by atoms with Crippen LogP contribution in [0.4, 0.5) is 0 Å². The Morgan fingerprint density at radius 1 is 1.35 bits per heavy atom. The van der Waals surface area contributed by atoms with Gasteiger partial charge in [-0.05, 0) is 13.0 Å². The molecule has 0 radical (unpaired) electrons. The molecule has 0 fully saturated rings. The molecule has 6 nitrogen and oxygen atoms in total. The third-order valence-electron chi connectivity index (χ3n) is 1.92. The van der Waals surface area contributed by atoms with Gasteiger partial charge in [0.1, 0.15) is 6.33 Å². The largest absolute Gasteiger partial charge is 0.477 e. The van der Waals surface area contributed by atoms with Gasteiger partial charge in [-0.2, -0.15) is 5.10 Å². The number of hydrogen-bond acceptors (Lipinski definition) is 4. The smallest absolute Gasteiger partial charge is 0.354 e. The van der Waals surface area contributed by atoms with E-state index < -0.39 is 5.97 Å². The molecule has 0 saturated carbocycles. The van der Waals surface area contributed by atoms with Gasteiger partial charge >= 0.3 is 5.97 Å². The van der Waals surface area contributed by atoms with Gasteiger partial charge in [-0.15, -0.1) is 0 Å². The van der Waals surface area contributed by atoms with Crippen molar-refractivity contribution >= 4 is 5.97 Å². The Morgan fingerprint density at radius 2 is 2.06 bits per heavy atom. The number of carbonyl (C=O) groups is 1. The van der Waals surface area contributed by atoms with Crippen molar-refractivity contribution in [2.45, 2.75) is 20.8 Å². The van der Waals surface area contributed by atoms with Gasteiger partial charge in [-0.1, -0.05) is 13.8 Å². The molecule has 2 rings (SSSR count). The van der Waals surface area contributed by atoms with E-state index in [1.807, 2.05) is 26.8 Å². The van der Waals surface area contributed by atoms with Crippen LogP contribution in [0.1, 0.15) is 30.0 Å². The number of rotatable bonds is 2. The van der Waals surface area contributed by atoms with Crippen LogP contribution in [-0.4, -0.2) is 30.8 Å². The predicted molar refractivity (Wildman–Crippen MR) is 62.2 cm³/mol. The van der Waals surface area contributed by atoms with E-state index in [4.69, 9.17) is 5.11 Å². The zero-order valence-electron chi connectivity index (χ0n) is 9.95. The summed E-state index contributed by atoms with van der Waals surface area (Å²) >= 11 is 0. The second-order valence-corrected chi connectivity index (χ2v) is 2.95. The SMILES string of the molecule is CC.Cc1ccnn1-c1cc(C(=O)O)ncn1. The first-order chi connectivity index (χ1) is 8.18. The van der Waals surface area contributed by atoms with Gasteiger partial charge in [-0.3, -0.25) is 0 Å². The molecule has 2 aromatic heterocycles. The Morgan fingerprint density at radius 3 is 2.59 bits per heavy atom. The van der Waals surface area contributed by atoms with Crippen molar-refractivity contribution in [2.24, 2.45) is 0 Å². The maximum absolute atomic E-state index is 10.7. The summed E-state index contributed by atoms with van der Waals surface area (Å²) < 4.78 is 1.55. The van der Waals surface area contributed by atoms with Gasteiger partial charge in [-0.25, -0.2) is 19.4 Å². The molecule has 0 bridgehead atoms. The van der Waals surface area contributed by atoms with Crippen LogP contribution in [0.3, 0.4) is 0 Å². The third-order valence-corrected chi connectivity index (χ3v) is 1.92. The Hall–Kier alpha value is -2.24. The van der Waals surface area contributed by atoms with Crippen molar-refractivity contribution in [1.82, 2.24) is 19.7 Å². The van der Waals surface area contributed by atoms with Gasteiger partial charge in [0.2, 0.25) is 0 Å². The molecule has 90 valence electrons. The van der Waals surface area contributed by atoms with Crippen molar-refractivity contribution in [3.63, 3.8) is 0 Å². The van der Waals surface area contributed by atoms with E-state index in [9.17, 15) is 4.79 Å². The minimum Gasteiger partial charge on any atom is -0.477 e. The second-order valence-electron chi connectivity index (χ2n) is 2.95. The molecular formula is C11H14N4O2. The normalized spacial score (nSPS) is 9.35. The summed E-state index contributed by atoms with van der Waals surface area (Å²) in [6, 6.07) is 3.19. The van der Waals surface area contributed by atoms with Crippen molar-refractivity contribution in [3.05, 3.63) is 36.0 Å². The Bertz CT molecular complexity index is 508. The highest BCUT2D eigenvalue weighted by molar-refractivity contribution is 5.85. The van der Waals surface area contributed by atoms with Crippen molar-refractivity contribution < 1.29 is 9.90 Å². The molecule has 2 heterocycles. The maximum Gasteiger partial charge on any atom is 0.354 e. The van der Waals surface area contributed by atoms with Crippen LogP contribution in [0.5, 0.6) is 0 Å². The molecule has 6 heteroatoms. The van der Waals surface area contributed by atoms with Crippen molar-refractivity contribution in [1.29, 1.82) is 0 Å². The molecule has 0 aliphatic carbocycles. The number of nitrogens with zero attached hydrogens (tertiary/aromatic N) is 4. The molecule has 0 spiro atoms. The molecule has 17 heavy (non-hydrogen) atoms. The van der Waals surface area contributed by atoms with E-state index >= 15 is 0 Å². The topological polar surface area (TPSA) is 80.9 Å². The van der Waals surface area contributed by atoms with Crippen LogP contribution in [-0.2, 0) is 0 Å². The molecule has 0 aliphatic rings. The summed E-state index contributed by atoms with van der Waals surface area (Å²) in [6.07, 6.45) is 2.83. The summed E-state index contributed by atoms with van der Waals surface area (Å²) in [5.74, 6) is -0.631. The van der Waals surface area contributed by atoms with Crippen molar-refractivity contribution in [3.8, 4) is 5.82 Å². The molecule has 2 aromatic rings. The number of carboxylic acids is 1. The Kier molecular flexibility index (Phi) is 4.33. The molecule has 0 aromatic carbocycles. The van der Waals surface area contributed by atoms with E-state index in [2.05, 4.69) is 15.1 Å². The minimum atomic E-state index is -1.08. The van der Waals surface area contributed by atoms with Gasteiger partial charge in [0.05, 0.1) is 0 Å². The van der Waals surface area contributed by atoms with Crippen LogP contribution in [0.2, 0.25) is 0 Å². The summed E-state index contributed by atoms with van der Waals surface area (Å²) in [5.41, 5.74) is 0.833. The maximum atomic E-state index is 10.7. The van der Waals surface area contributed by atoms with Crippen LogP contribution < -0.4 is 0 Å². The molecule has 1 N–H and O–H groups in total. The lowest BCUT2D eigenvalue weighted by molar-refractivity contribution is 0.0690. The summed E-state index contributed by atoms with van der Waals surface area (Å²) in [6.45, 7) is 5.86. The number of aromatic carboxylic acids is 1. The number of carboxylic acid groups (broad SMARTS) is 1. The first-order valence-electron chi connectivity index (χ1n) is 5.25. The van der Waals surface area contributed by atoms with Gasteiger partial charge in [0.15, 0.2) is 11.5 Å². The molecule has 0 amide bonds. The predicted octanol–water partition coefficient (Wildman–Crippen LogP) is 1.70.